The van der Waals surface area contributed by atoms with Gasteiger partial charge in [0.2, 0.25) is 0 Å². The van der Waals surface area contributed by atoms with Gasteiger partial charge in [-0.1, -0.05) is 24.3 Å². The Morgan fingerprint density at radius 1 is 0.963 bits per heavy atom. The van der Waals surface area contributed by atoms with Gasteiger partial charge in [-0.2, -0.15) is 0 Å². The van der Waals surface area contributed by atoms with Gasteiger partial charge < -0.3 is 9.72 Å². The molecular formula is C21H20F2N2O2. The quantitative estimate of drug-likeness (QED) is 0.421. The van der Waals surface area contributed by atoms with Crippen molar-refractivity contribution >= 4 is 27.9 Å². The predicted molar refractivity (Wildman–Crippen MR) is 102 cm³/mol. The van der Waals surface area contributed by atoms with Gasteiger partial charge >= 0.3 is 6.09 Å². The van der Waals surface area contributed by atoms with E-state index in [1.54, 1.807) is 51.2 Å². The molecule has 2 heterocycles. The van der Waals surface area contributed by atoms with Crippen LogP contribution in [-0.2, 0) is 4.74 Å². The molecule has 27 heavy (non-hydrogen) atoms. The van der Waals surface area contributed by atoms with Gasteiger partial charge in [0, 0.05) is 23.2 Å². The van der Waals surface area contributed by atoms with Crippen LogP contribution in [-0.4, -0.2) is 21.2 Å². The maximum Gasteiger partial charge on any atom is 0.419 e. The van der Waals surface area contributed by atoms with Crippen molar-refractivity contribution in [2.75, 3.05) is 0 Å². The minimum Gasteiger partial charge on any atom is -0.443 e. The third-order valence-electron chi connectivity index (χ3n) is 3.79. The number of para-hydroxylation sites is 2. The highest BCUT2D eigenvalue weighted by Gasteiger charge is 2.20. The average Bonchev–Trinajstić information content (AvgIpc) is 3.21. The highest BCUT2D eigenvalue weighted by molar-refractivity contribution is 5.89. The molecule has 2 aromatic carbocycles. The van der Waals surface area contributed by atoms with E-state index in [1.807, 2.05) is 12.1 Å². The van der Waals surface area contributed by atoms with Crippen LogP contribution in [0.3, 0.4) is 0 Å². The Bertz CT molecular complexity index is 1090. The number of benzene rings is 2. The molecule has 2 aromatic heterocycles. The number of hydrogen-bond donors (Lipinski definition) is 1. The number of halogens is 2. The van der Waals surface area contributed by atoms with Crippen molar-refractivity contribution in [3.05, 3.63) is 72.6 Å². The lowest BCUT2D eigenvalue weighted by molar-refractivity contribution is 0.0543. The van der Waals surface area contributed by atoms with Crippen molar-refractivity contribution < 1.29 is 18.3 Å². The molecule has 4 aromatic rings. The SMILES string of the molecule is CC(C)(C)OC(=O)n1ccc2cccc(F)c21.Fc1cccc2cc[nH]c12. The van der Waals surface area contributed by atoms with Gasteiger partial charge in [0.25, 0.3) is 0 Å². The third-order valence-corrected chi connectivity index (χ3v) is 3.79. The molecule has 0 bridgehead atoms. The number of aromatic amines is 1. The first-order chi connectivity index (χ1) is 12.8. The molecule has 4 rings (SSSR count). The summed E-state index contributed by atoms with van der Waals surface area (Å²) in [5, 5.41) is 1.59. The Hall–Kier alpha value is -3.15. The zero-order valence-electron chi connectivity index (χ0n) is 15.3. The molecule has 0 atom stereocenters. The number of hydrogen-bond acceptors (Lipinski definition) is 2. The maximum absolute atomic E-state index is 13.6. The largest absolute Gasteiger partial charge is 0.443 e. The van der Waals surface area contributed by atoms with E-state index < -0.39 is 17.5 Å². The molecule has 0 saturated carbocycles. The molecule has 0 amide bonds. The van der Waals surface area contributed by atoms with E-state index in [0.717, 1.165) is 5.39 Å². The van der Waals surface area contributed by atoms with Gasteiger partial charge in [-0.05, 0) is 45.0 Å². The van der Waals surface area contributed by atoms with Crippen LogP contribution in [0.4, 0.5) is 13.6 Å². The second-order valence-electron chi connectivity index (χ2n) is 7.03. The van der Waals surface area contributed by atoms with E-state index in [0.29, 0.717) is 10.9 Å². The fourth-order valence-corrected chi connectivity index (χ4v) is 2.66. The number of carbonyl (C=O) groups is 1. The number of fused-ring (bicyclic) bond motifs is 2. The molecule has 140 valence electrons. The lowest BCUT2D eigenvalue weighted by atomic mass is 10.2. The van der Waals surface area contributed by atoms with Gasteiger partial charge in [-0.25, -0.2) is 18.1 Å². The molecule has 0 spiro atoms. The number of nitrogens with zero attached hydrogens (tertiary/aromatic N) is 1. The minimum atomic E-state index is -0.598. The van der Waals surface area contributed by atoms with Crippen molar-refractivity contribution in [1.29, 1.82) is 0 Å². The Morgan fingerprint density at radius 2 is 1.63 bits per heavy atom. The van der Waals surface area contributed by atoms with Crippen molar-refractivity contribution in [2.45, 2.75) is 26.4 Å². The molecule has 6 heteroatoms. The van der Waals surface area contributed by atoms with E-state index in [-0.39, 0.29) is 11.3 Å². The summed E-state index contributed by atoms with van der Waals surface area (Å²) >= 11 is 0. The first kappa shape index (κ1) is 18.6. The summed E-state index contributed by atoms with van der Waals surface area (Å²) in [5.74, 6) is -0.624. The Kier molecular flexibility index (Phi) is 4.99. The van der Waals surface area contributed by atoms with Gasteiger partial charge in [0.05, 0.1) is 11.0 Å². The number of nitrogens with one attached hydrogen (secondary N) is 1. The molecule has 0 radical (unpaired) electrons. The first-order valence-corrected chi connectivity index (χ1v) is 8.47. The van der Waals surface area contributed by atoms with Crippen LogP contribution in [0.1, 0.15) is 20.8 Å². The lowest BCUT2D eigenvalue weighted by Crippen LogP contribution is -2.26. The summed E-state index contributed by atoms with van der Waals surface area (Å²) in [6.45, 7) is 5.31. The van der Waals surface area contributed by atoms with E-state index in [1.165, 1.54) is 22.9 Å². The second-order valence-corrected chi connectivity index (χ2v) is 7.03. The number of carbonyl (C=O) groups excluding carboxylic acids is 1. The van der Waals surface area contributed by atoms with Crippen LogP contribution in [0.5, 0.6) is 0 Å². The van der Waals surface area contributed by atoms with E-state index in [2.05, 4.69) is 4.98 Å². The number of aromatic nitrogens is 2. The number of ether oxygens (including phenoxy) is 1. The van der Waals surface area contributed by atoms with Crippen LogP contribution in [0, 0.1) is 11.6 Å². The second kappa shape index (κ2) is 7.23. The van der Waals surface area contributed by atoms with E-state index in [9.17, 15) is 13.6 Å². The standard InChI is InChI=1S/C13H14FNO2.C8H6FN/c1-13(2,3)17-12(16)15-8-7-9-5-4-6-10(14)11(9)15;9-7-3-1-2-6-4-5-10-8(6)7/h4-8H,1-3H3;1-5,10H. The first-order valence-electron chi connectivity index (χ1n) is 8.47. The Balaban J connectivity index is 0.000000177. The number of rotatable bonds is 0. The topological polar surface area (TPSA) is 47.0 Å². The van der Waals surface area contributed by atoms with Gasteiger partial charge in [-0.15, -0.1) is 0 Å². The summed E-state index contributed by atoms with van der Waals surface area (Å²) in [6.07, 6.45) is 2.67. The fraction of sp³-hybridized carbons (Fsp3) is 0.190. The average molecular weight is 370 g/mol. The van der Waals surface area contributed by atoms with E-state index >= 15 is 0 Å². The Labute approximate surface area is 155 Å². The molecule has 0 aliphatic carbocycles. The zero-order valence-corrected chi connectivity index (χ0v) is 15.3. The number of H-pyrrole nitrogens is 1. The summed E-state index contributed by atoms with van der Waals surface area (Å²) in [6, 6.07) is 13.2. The molecule has 0 aliphatic rings. The van der Waals surface area contributed by atoms with Crippen LogP contribution in [0.15, 0.2) is 60.9 Å². The van der Waals surface area contributed by atoms with Crippen molar-refractivity contribution in [3.8, 4) is 0 Å². The molecule has 4 nitrogen and oxygen atoms in total. The smallest absolute Gasteiger partial charge is 0.419 e. The molecule has 0 saturated heterocycles. The summed E-state index contributed by atoms with van der Waals surface area (Å²) in [4.78, 5) is 14.7. The van der Waals surface area contributed by atoms with Gasteiger partial charge in [0.15, 0.2) is 0 Å². The Morgan fingerprint density at radius 3 is 2.30 bits per heavy atom. The lowest BCUT2D eigenvalue weighted by Gasteiger charge is -2.19. The summed E-state index contributed by atoms with van der Waals surface area (Å²) in [7, 11) is 0. The van der Waals surface area contributed by atoms with Crippen LogP contribution < -0.4 is 0 Å². The summed E-state index contributed by atoms with van der Waals surface area (Å²) in [5.41, 5.74) is 0.239. The highest BCUT2D eigenvalue weighted by Crippen LogP contribution is 2.20. The minimum absolute atomic E-state index is 0.192. The fourth-order valence-electron chi connectivity index (χ4n) is 2.66. The molecule has 0 unspecified atom stereocenters. The van der Waals surface area contributed by atoms with Gasteiger partial charge in [-0.3, -0.25) is 0 Å². The highest BCUT2D eigenvalue weighted by atomic mass is 19.1. The third kappa shape index (κ3) is 4.16. The van der Waals surface area contributed by atoms with Crippen LogP contribution in [0.2, 0.25) is 0 Å². The predicted octanol–water partition coefficient (Wildman–Crippen LogP) is 5.87. The van der Waals surface area contributed by atoms with Gasteiger partial charge in [0.1, 0.15) is 17.2 Å². The van der Waals surface area contributed by atoms with Crippen LogP contribution >= 0.6 is 0 Å². The molecular weight excluding hydrogens is 350 g/mol. The monoisotopic (exact) mass is 370 g/mol. The van der Waals surface area contributed by atoms with E-state index in [4.69, 9.17) is 4.74 Å². The van der Waals surface area contributed by atoms with Crippen LogP contribution in [0.25, 0.3) is 21.8 Å². The zero-order chi connectivity index (χ0) is 19.6. The summed E-state index contributed by atoms with van der Waals surface area (Å²) < 4.78 is 32.8. The normalized spacial score (nSPS) is 11.3. The van der Waals surface area contributed by atoms with Crippen molar-refractivity contribution in [2.24, 2.45) is 0 Å². The van der Waals surface area contributed by atoms with Crippen molar-refractivity contribution in [1.82, 2.24) is 9.55 Å². The maximum atomic E-state index is 13.6. The van der Waals surface area contributed by atoms with Crippen molar-refractivity contribution in [3.63, 3.8) is 0 Å². The molecule has 0 fully saturated rings. The molecule has 0 aliphatic heterocycles. The molecule has 1 N–H and O–H groups in total.